The first-order chi connectivity index (χ1) is 14.6. The van der Waals surface area contributed by atoms with E-state index in [2.05, 4.69) is 0 Å². The second-order valence-electron chi connectivity index (χ2n) is 6.89. The summed E-state index contributed by atoms with van der Waals surface area (Å²) in [6.45, 7) is 2.20. The maximum absolute atomic E-state index is 13.1. The molecule has 0 radical (unpaired) electrons. The van der Waals surface area contributed by atoms with Crippen molar-refractivity contribution in [3.05, 3.63) is 88.3 Å². The highest BCUT2D eigenvalue weighted by atomic mass is 16.5. The van der Waals surface area contributed by atoms with Gasteiger partial charge in [-0.1, -0.05) is 24.3 Å². The number of aryl methyl sites for hydroxylation is 1. The van der Waals surface area contributed by atoms with Crippen molar-refractivity contribution < 1.29 is 18.6 Å². The molecule has 0 unspecified atom stereocenters. The summed E-state index contributed by atoms with van der Waals surface area (Å²) in [6.07, 6.45) is 0. The van der Waals surface area contributed by atoms with Crippen molar-refractivity contribution >= 4 is 11.0 Å². The monoisotopic (exact) mass is 402 g/mol. The first kappa shape index (κ1) is 19.6. The highest BCUT2D eigenvalue weighted by Crippen LogP contribution is 2.28. The number of rotatable bonds is 6. The molecule has 5 nitrogen and oxygen atoms in total. The van der Waals surface area contributed by atoms with Crippen LogP contribution in [-0.4, -0.2) is 14.2 Å². The van der Waals surface area contributed by atoms with Crippen LogP contribution in [0, 0.1) is 6.92 Å². The molecule has 0 aliphatic carbocycles. The van der Waals surface area contributed by atoms with Gasteiger partial charge < -0.3 is 18.6 Å². The van der Waals surface area contributed by atoms with Crippen LogP contribution in [0.2, 0.25) is 0 Å². The minimum atomic E-state index is -0.0689. The molecule has 5 heteroatoms. The third kappa shape index (κ3) is 3.87. The normalized spacial score (nSPS) is 10.8. The molecule has 152 valence electrons. The van der Waals surface area contributed by atoms with Gasteiger partial charge in [0.25, 0.3) is 0 Å². The summed E-state index contributed by atoms with van der Waals surface area (Å²) < 4.78 is 22.2. The first-order valence-corrected chi connectivity index (χ1v) is 9.56. The van der Waals surface area contributed by atoms with E-state index in [1.807, 2.05) is 48.5 Å². The molecule has 0 aliphatic heterocycles. The predicted molar refractivity (Wildman–Crippen MR) is 117 cm³/mol. The van der Waals surface area contributed by atoms with Gasteiger partial charge in [-0.15, -0.1) is 0 Å². The molecule has 0 bridgehead atoms. The molecule has 0 spiro atoms. The molecule has 0 saturated carbocycles. The first-order valence-electron chi connectivity index (χ1n) is 9.56. The standard InChI is InChI=1S/C25H22O5/c1-16-24(18-6-10-20(28-3)11-7-18)25(26)22-13-12-21(14-23(22)30-16)29-15-17-4-8-19(27-2)9-5-17/h4-14H,15H2,1-3H3. The van der Waals surface area contributed by atoms with E-state index in [1.54, 1.807) is 39.3 Å². The number of fused-ring (bicyclic) bond motifs is 1. The van der Waals surface area contributed by atoms with E-state index >= 15 is 0 Å². The Bertz CT molecular complexity index is 1220. The van der Waals surface area contributed by atoms with Crippen LogP contribution in [0.25, 0.3) is 22.1 Å². The van der Waals surface area contributed by atoms with Crippen molar-refractivity contribution in [3.8, 4) is 28.4 Å². The zero-order valence-electron chi connectivity index (χ0n) is 17.1. The fourth-order valence-corrected chi connectivity index (χ4v) is 3.36. The fourth-order valence-electron chi connectivity index (χ4n) is 3.36. The number of hydrogen-bond donors (Lipinski definition) is 0. The molecule has 0 N–H and O–H groups in total. The van der Waals surface area contributed by atoms with Crippen molar-refractivity contribution in [2.45, 2.75) is 13.5 Å². The number of methoxy groups -OCH3 is 2. The largest absolute Gasteiger partial charge is 0.497 e. The second-order valence-corrected chi connectivity index (χ2v) is 6.89. The summed E-state index contributed by atoms with van der Waals surface area (Å²) in [5.41, 5.74) is 2.80. The molecular weight excluding hydrogens is 380 g/mol. The highest BCUT2D eigenvalue weighted by Gasteiger charge is 2.14. The third-order valence-corrected chi connectivity index (χ3v) is 4.98. The molecule has 0 atom stereocenters. The molecule has 3 aromatic carbocycles. The van der Waals surface area contributed by atoms with Crippen molar-refractivity contribution in [2.75, 3.05) is 14.2 Å². The van der Waals surface area contributed by atoms with Gasteiger partial charge in [-0.05, 0) is 54.4 Å². The van der Waals surface area contributed by atoms with Crippen molar-refractivity contribution in [3.63, 3.8) is 0 Å². The zero-order valence-corrected chi connectivity index (χ0v) is 17.1. The van der Waals surface area contributed by atoms with Crippen LogP contribution in [0.1, 0.15) is 11.3 Å². The van der Waals surface area contributed by atoms with E-state index in [0.29, 0.717) is 34.6 Å². The Morgan fingerprint density at radius 3 is 2.03 bits per heavy atom. The number of ether oxygens (including phenoxy) is 3. The lowest BCUT2D eigenvalue weighted by Crippen LogP contribution is -2.07. The molecule has 1 heterocycles. The van der Waals surface area contributed by atoms with Crippen LogP contribution >= 0.6 is 0 Å². The summed E-state index contributed by atoms with van der Waals surface area (Å²) in [7, 11) is 3.25. The SMILES string of the molecule is COc1ccc(COc2ccc3c(=O)c(-c4ccc(OC)cc4)c(C)oc3c2)cc1. The molecule has 1 aromatic heterocycles. The Labute approximate surface area is 174 Å². The van der Waals surface area contributed by atoms with Crippen LogP contribution in [0.3, 0.4) is 0 Å². The molecule has 30 heavy (non-hydrogen) atoms. The minimum absolute atomic E-state index is 0.0689. The summed E-state index contributed by atoms with van der Waals surface area (Å²) in [5.74, 6) is 2.73. The smallest absolute Gasteiger partial charge is 0.200 e. The van der Waals surface area contributed by atoms with Gasteiger partial charge in [0.1, 0.15) is 35.2 Å². The highest BCUT2D eigenvalue weighted by molar-refractivity contribution is 5.83. The van der Waals surface area contributed by atoms with Gasteiger partial charge in [0.2, 0.25) is 5.43 Å². The molecule has 4 rings (SSSR count). The Morgan fingerprint density at radius 2 is 1.40 bits per heavy atom. The fraction of sp³-hybridized carbons (Fsp3) is 0.160. The quantitative estimate of drug-likeness (QED) is 0.434. The van der Waals surface area contributed by atoms with Gasteiger partial charge in [0, 0.05) is 6.07 Å². The Morgan fingerprint density at radius 1 is 0.800 bits per heavy atom. The average molecular weight is 402 g/mol. The summed E-state index contributed by atoms with van der Waals surface area (Å²) in [4.78, 5) is 13.1. The van der Waals surface area contributed by atoms with Gasteiger partial charge in [0.05, 0.1) is 25.2 Å². The van der Waals surface area contributed by atoms with E-state index in [9.17, 15) is 4.79 Å². The summed E-state index contributed by atoms with van der Waals surface area (Å²) >= 11 is 0. The van der Waals surface area contributed by atoms with Crippen molar-refractivity contribution in [1.82, 2.24) is 0 Å². The molecular formula is C25H22O5. The molecule has 0 fully saturated rings. The van der Waals surface area contributed by atoms with Crippen LogP contribution in [0.15, 0.2) is 75.9 Å². The lowest BCUT2D eigenvalue weighted by Gasteiger charge is -2.10. The maximum atomic E-state index is 13.1. The van der Waals surface area contributed by atoms with E-state index in [-0.39, 0.29) is 5.43 Å². The molecule has 0 amide bonds. The second kappa shape index (κ2) is 8.33. The molecule has 4 aromatic rings. The van der Waals surface area contributed by atoms with E-state index < -0.39 is 0 Å². The topological polar surface area (TPSA) is 57.9 Å². The van der Waals surface area contributed by atoms with E-state index in [0.717, 1.165) is 22.6 Å². The maximum Gasteiger partial charge on any atom is 0.200 e. The Hall–Kier alpha value is -3.73. The molecule has 0 saturated heterocycles. The van der Waals surface area contributed by atoms with Gasteiger partial charge >= 0.3 is 0 Å². The van der Waals surface area contributed by atoms with E-state index in [1.165, 1.54) is 0 Å². The zero-order chi connectivity index (χ0) is 21.1. The van der Waals surface area contributed by atoms with Gasteiger partial charge in [-0.25, -0.2) is 0 Å². The summed E-state index contributed by atoms with van der Waals surface area (Å²) in [6, 6.07) is 20.3. The number of hydrogen-bond acceptors (Lipinski definition) is 5. The van der Waals surface area contributed by atoms with Crippen molar-refractivity contribution in [2.24, 2.45) is 0 Å². The van der Waals surface area contributed by atoms with E-state index in [4.69, 9.17) is 18.6 Å². The third-order valence-electron chi connectivity index (χ3n) is 4.98. The van der Waals surface area contributed by atoms with Crippen molar-refractivity contribution in [1.29, 1.82) is 0 Å². The summed E-state index contributed by atoms with van der Waals surface area (Å²) in [5, 5.41) is 0.517. The van der Waals surface area contributed by atoms with Crippen LogP contribution in [0.4, 0.5) is 0 Å². The Kier molecular flexibility index (Phi) is 5.44. The lowest BCUT2D eigenvalue weighted by molar-refractivity contribution is 0.306. The Balaban J connectivity index is 1.62. The lowest BCUT2D eigenvalue weighted by atomic mass is 10.0. The minimum Gasteiger partial charge on any atom is -0.497 e. The van der Waals surface area contributed by atoms with Gasteiger partial charge in [0.15, 0.2) is 0 Å². The van der Waals surface area contributed by atoms with Crippen LogP contribution in [0.5, 0.6) is 17.2 Å². The van der Waals surface area contributed by atoms with Gasteiger partial charge in [-0.3, -0.25) is 4.79 Å². The number of benzene rings is 3. The van der Waals surface area contributed by atoms with Crippen LogP contribution < -0.4 is 19.6 Å². The van der Waals surface area contributed by atoms with Gasteiger partial charge in [-0.2, -0.15) is 0 Å². The average Bonchev–Trinajstić information content (AvgIpc) is 2.78. The van der Waals surface area contributed by atoms with Crippen LogP contribution in [-0.2, 0) is 6.61 Å². The molecule has 0 aliphatic rings. The predicted octanol–water partition coefficient (Wildman–Crippen LogP) is 5.36.